The molecule has 0 spiro atoms. The zero-order chi connectivity index (χ0) is 19.5. The average molecular weight is 388 g/mol. The minimum Gasteiger partial charge on any atom is -0.423 e. The van der Waals surface area contributed by atoms with Crippen LogP contribution in [0.15, 0.2) is 72.8 Å². The van der Waals surface area contributed by atoms with E-state index in [1.54, 1.807) is 17.4 Å². The van der Waals surface area contributed by atoms with Gasteiger partial charge in [0.2, 0.25) is 0 Å². The number of hydrogen-bond donors (Lipinski definition) is 0. The van der Waals surface area contributed by atoms with Crippen molar-refractivity contribution in [1.82, 2.24) is 4.98 Å². The van der Waals surface area contributed by atoms with Gasteiger partial charge in [0.15, 0.2) is 5.13 Å². The molecule has 4 aromatic rings. The van der Waals surface area contributed by atoms with Crippen molar-refractivity contribution in [2.45, 2.75) is 6.42 Å². The van der Waals surface area contributed by atoms with E-state index in [9.17, 15) is 4.79 Å². The number of hydrogen-bond acceptors (Lipinski definition) is 5. The van der Waals surface area contributed by atoms with E-state index in [0.717, 1.165) is 27.3 Å². The molecule has 1 heterocycles. The van der Waals surface area contributed by atoms with Gasteiger partial charge in [-0.2, -0.15) is 0 Å². The van der Waals surface area contributed by atoms with E-state index in [1.807, 2.05) is 73.6 Å². The zero-order valence-corrected chi connectivity index (χ0v) is 16.6. The van der Waals surface area contributed by atoms with Crippen molar-refractivity contribution >= 4 is 32.7 Å². The van der Waals surface area contributed by atoms with Crippen LogP contribution in [0, 0.1) is 0 Å². The largest absolute Gasteiger partial charge is 0.423 e. The molecule has 0 radical (unpaired) electrons. The highest BCUT2D eigenvalue weighted by molar-refractivity contribution is 7.22. The van der Waals surface area contributed by atoms with Crippen LogP contribution >= 0.6 is 11.3 Å². The first-order valence-corrected chi connectivity index (χ1v) is 9.83. The number of anilines is 1. The fourth-order valence-electron chi connectivity index (χ4n) is 2.90. The second-order valence-corrected chi connectivity index (χ2v) is 7.78. The number of thiazole rings is 1. The number of aromatic nitrogens is 1. The Bertz CT molecular complexity index is 1100. The number of benzene rings is 3. The molecule has 140 valence electrons. The second kappa shape index (κ2) is 7.82. The van der Waals surface area contributed by atoms with Gasteiger partial charge in [0.25, 0.3) is 0 Å². The van der Waals surface area contributed by atoms with E-state index in [2.05, 4.69) is 17.1 Å². The van der Waals surface area contributed by atoms with E-state index in [0.29, 0.717) is 11.3 Å². The number of esters is 1. The lowest BCUT2D eigenvalue weighted by Crippen LogP contribution is -2.08. The molecule has 0 aliphatic rings. The predicted octanol–water partition coefficient (Wildman–Crippen LogP) is 5.17. The maximum Gasteiger partial charge on any atom is 0.343 e. The van der Waals surface area contributed by atoms with Crippen molar-refractivity contribution < 1.29 is 9.53 Å². The molecule has 0 N–H and O–H groups in total. The highest BCUT2D eigenvalue weighted by atomic mass is 32.1. The minimum absolute atomic E-state index is 0.358. The number of ether oxygens (including phenoxy) is 1. The van der Waals surface area contributed by atoms with Gasteiger partial charge in [0.1, 0.15) is 5.75 Å². The Morgan fingerprint density at radius 2 is 1.68 bits per heavy atom. The fraction of sp³-hybridized carbons (Fsp3) is 0.130. The summed E-state index contributed by atoms with van der Waals surface area (Å²) >= 11 is 1.57. The van der Waals surface area contributed by atoms with Crippen LogP contribution in [0.1, 0.15) is 21.5 Å². The molecular weight excluding hydrogens is 368 g/mol. The number of fused-ring (bicyclic) bond motifs is 1. The highest BCUT2D eigenvalue weighted by Crippen LogP contribution is 2.30. The molecular formula is C23H20N2O2S. The topological polar surface area (TPSA) is 42.4 Å². The van der Waals surface area contributed by atoms with Gasteiger partial charge in [0.05, 0.1) is 15.8 Å². The predicted molar refractivity (Wildman–Crippen MR) is 115 cm³/mol. The van der Waals surface area contributed by atoms with Crippen molar-refractivity contribution in [2.75, 3.05) is 19.0 Å². The highest BCUT2D eigenvalue weighted by Gasteiger charge is 2.11. The van der Waals surface area contributed by atoms with E-state index >= 15 is 0 Å². The summed E-state index contributed by atoms with van der Waals surface area (Å²) < 4.78 is 6.56. The van der Waals surface area contributed by atoms with Gasteiger partial charge in [-0.15, -0.1) is 0 Å². The first-order valence-electron chi connectivity index (χ1n) is 9.01. The van der Waals surface area contributed by atoms with Crippen LogP contribution in [-0.2, 0) is 6.42 Å². The molecule has 28 heavy (non-hydrogen) atoms. The summed E-state index contributed by atoms with van der Waals surface area (Å²) in [5.74, 6) is 0.169. The van der Waals surface area contributed by atoms with Crippen molar-refractivity contribution in [1.29, 1.82) is 0 Å². The first-order chi connectivity index (χ1) is 13.6. The Morgan fingerprint density at radius 3 is 2.39 bits per heavy atom. The normalized spacial score (nSPS) is 10.8. The molecule has 0 aliphatic heterocycles. The van der Waals surface area contributed by atoms with E-state index in [4.69, 9.17) is 4.74 Å². The molecule has 3 aromatic carbocycles. The maximum atomic E-state index is 12.5. The summed E-state index contributed by atoms with van der Waals surface area (Å²) in [6.07, 6.45) is 0.840. The van der Waals surface area contributed by atoms with Gasteiger partial charge in [-0.1, -0.05) is 53.8 Å². The molecule has 0 saturated heterocycles. The first kappa shape index (κ1) is 18.2. The SMILES string of the molecule is CN(C)c1nc2ccc(OC(=O)c3ccc(Cc4ccccc4)cc3)cc2s1. The lowest BCUT2D eigenvalue weighted by atomic mass is 10.0. The fourth-order valence-corrected chi connectivity index (χ4v) is 3.82. The van der Waals surface area contributed by atoms with E-state index < -0.39 is 0 Å². The molecule has 0 unspecified atom stereocenters. The van der Waals surface area contributed by atoms with Gasteiger partial charge in [-0.3, -0.25) is 0 Å². The van der Waals surface area contributed by atoms with Crippen LogP contribution in [0.2, 0.25) is 0 Å². The Morgan fingerprint density at radius 1 is 0.964 bits per heavy atom. The Hall–Kier alpha value is -3.18. The van der Waals surface area contributed by atoms with Gasteiger partial charge in [0, 0.05) is 20.2 Å². The average Bonchev–Trinajstić information content (AvgIpc) is 3.13. The smallest absolute Gasteiger partial charge is 0.343 e. The summed E-state index contributed by atoms with van der Waals surface area (Å²) in [4.78, 5) is 19.0. The number of rotatable bonds is 5. The van der Waals surface area contributed by atoms with Crippen LogP contribution in [-0.4, -0.2) is 25.0 Å². The Labute approximate surface area is 168 Å². The number of carbonyl (C=O) groups is 1. The molecule has 1 aromatic heterocycles. The Balaban J connectivity index is 1.46. The number of nitrogens with zero attached hydrogens (tertiary/aromatic N) is 2. The van der Waals surface area contributed by atoms with Crippen LogP contribution < -0.4 is 9.64 Å². The molecule has 5 heteroatoms. The second-order valence-electron chi connectivity index (χ2n) is 6.77. The van der Waals surface area contributed by atoms with Crippen molar-refractivity contribution in [3.05, 3.63) is 89.5 Å². The molecule has 4 nitrogen and oxygen atoms in total. The Kier molecular flexibility index (Phi) is 5.08. The van der Waals surface area contributed by atoms with Crippen LogP contribution in [0.4, 0.5) is 5.13 Å². The minimum atomic E-state index is -0.358. The third-order valence-corrected chi connectivity index (χ3v) is 5.57. The van der Waals surface area contributed by atoms with E-state index in [1.165, 1.54) is 5.56 Å². The van der Waals surface area contributed by atoms with Crippen molar-refractivity contribution in [2.24, 2.45) is 0 Å². The van der Waals surface area contributed by atoms with Gasteiger partial charge >= 0.3 is 5.97 Å². The maximum absolute atomic E-state index is 12.5. The van der Waals surface area contributed by atoms with Gasteiger partial charge < -0.3 is 9.64 Å². The molecule has 0 aliphatic carbocycles. The van der Waals surface area contributed by atoms with Crippen molar-refractivity contribution in [3.63, 3.8) is 0 Å². The summed E-state index contributed by atoms with van der Waals surface area (Å²) in [6, 6.07) is 23.4. The molecule has 4 rings (SSSR count). The summed E-state index contributed by atoms with van der Waals surface area (Å²) in [5, 5.41) is 0.924. The van der Waals surface area contributed by atoms with Crippen LogP contribution in [0.3, 0.4) is 0 Å². The number of carbonyl (C=O) groups excluding carboxylic acids is 1. The molecule has 0 fully saturated rings. The summed E-state index contributed by atoms with van der Waals surface area (Å²) in [6.45, 7) is 0. The molecule has 0 saturated carbocycles. The standard InChI is InChI=1S/C23H20N2O2S/c1-25(2)23-24-20-13-12-19(15-21(20)28-23)27-22(26)18-10-8-17(9-11-18)14-16-6-4-3-5-7-16/h3-13,15H,14H2,1-2H3. The lowest BCUT2D eigenvalue weighted by Gasteiger charge is -2.06. The summed E-state index contributed by atoms with van der Waals surface area (Å²) in [5.41, 5.74) is 3.84. The van der Waals surface area contributed by atoms with Gasteiger partial charge in [-0.05, 0) is 41.8 Å². The quantitative estimate of drug-likeness (QED) is 0.349. The van der Waals surface area contributed by atoms with Crippen LogP contribution in [0.5, 0.6) is 5.75 Å². The lowest BCUT2D eigenvalue weighted by molar-refractivity contribution is 0.0735. The molecule has 0 bridgehead atoms. The van der Waals surface area contributed by atoms with Crippen molar-refractivity contribution in [3.8, 4) is 5.75 Å². The van der Waals surface area contributed by atoms with E-state index in [-0.39, 0.29) is 5.97 Å². The molecule has 0 atom stereocenters. The molecule has 0 amide bonds. The van der Waals surface area contributed by atoms with Gasteiger partial charge in [-0.25, -0.2) is 9.78 Å². The monoisotopic (exact) mass is 388 g/mol. The summed E-state index contributed by atoms with van der Waals surface area (Å²) in [7, 11) is 3.92. The zero-order valence-electron chi connectivity index (χ0n) is 15.8. The third kappa shape index (κ3) is 4.05. The van der Waals surface area contributed by atoms with Crippen LogP contribution in [0.25, 0.3) is 10.2 Å². The third-order valence-electron chi connectivity index (χ3n) is 4.38.